The van der Waals surface area contributed by atoms with Gasteiger partial charge in [0.15, 0.2) is 11.6 Å². The first-order valence-electron chi connectivity index (χ1n) is 15.4. The van der Waals surface area contributed by atoms with Crippen molar-refractivity contribution in [2.24, 2.45) is 0 Å². The topological polar surface area (TPSA) is 182 Å². The number of nitriles is 1. The SMILES string of the molecule is C[C@H](NP(=O)(OC[C@H]1O[C@@](C#N)(c2ccc3c(N)ncnn23)[C@@H]2OC(C)(C)O[C@@H]21)Oc1cccc2ccccc12)C(=O)OC1CCC1. The smallest absolute Gasteiger partial charge is 0.459 e. The van der Waals surface area contributed by atoms with Gasteiger partial charge in [-0.3, -0.25) is 9.32 Å². The van der Waals surface area contributed by atoms with Crippen molar-refractivity contribution in [1.82, 2.24) is 19.7 Å². The number of nitrogens with one attached hydrogen (secondary N) is 1. The van der Waals surface area contributed by atoms with E-state index in [1.165, 1.54) is 17.8 Å². The summed E-state index contributed by atoms with van der Waals surface area (Å²) in [4.78, 5) is 17.0. The Morgan fingerprint density at radius 3 is 2.72 bits per heavy atom. The molecule has 0 amide bonds. The molecule has 6 atom stereocenters. The summed E-state index contributed by atoms with van der Waals surface area (Å²) in [6.07, 6.45) is 0.974. The number of aromatic nitrogens is 3. The van der Waals surface area contributed by atoms with Crippen molar-refractivity contribution >= 4 is 35.8 Å². The predicted molar refractivity (Wildman–Crippen MR) is 168 cm³/mol. The Morgan fingerprint density at radius 2 is 1.96 bits per heavy atom. The zero-order valence-corrected chi connectivity index (χ0v) is 27.0. The quantitative estimate of drug-likeness (QED) is 0.180. The Morgan fingerprint density at radius 1 is 1.17 bits per heavy atom. The van der Waals surface area contributed by atoms with Gasteiger partial charge in [0, 0.05) is 5.39 Å². The van der Waals surface area contributed by atoms with Crippen molar-refractivity contribution in [2.45, 2.75) is 81.9 Å². The van der Waals surface area contributed by atoms with Crippen LogP contribution in [0.3, 0.4) is 0 Å². The summed E-state index contributed by atoms with van der Waals surface area (Å²) in [5.74, 6) is -1.15. The summed E-state index contributed by atoms with van der Waals surface area (Å²) in [5, 5.41) is 19.3. The van der Waals surface area contributed by atoms with Gasteiger partial charge in [0.25, 0.3) is 0 Å². The minimum absolute atomic E-state index is 0.164. The van der Waals surface area contributed by atoms with E-state index in [0.717, 1.165) is 24.6 Å². The molecule has 0 bridgehead atoms. The molecule has 0 radical (unpaired) electrons. The molecule has 4 heterocycles. The van der Waals surface area contributed by atoms with Crippen molar-refractivity contribution in [3.05, 3.63) is 66.6 Å². The van der Waals surface area contributed by atoms with Crippen LogP contribution in [0, 0.1) is 11.3 Å². The van der Waals surface area contributed by atoms with E-state index in [9.17, 15) is 14.6 Å². The second kappa shape index (κ2) is 11.9. The Hall–Kier alpha value is -4.09. The molecule has 1 unspecified atom stereocenters. The van der Waals surface area contributed by atoms with Crippen LogP contribution in [0.2, 0.25) is 0 Å². The molecule has 3 aliphatic rings. The number of nitrogens with two attached hydrogens (primary N) is 1. The fourth-order valence-electron chi connectivity index (χ4n) is 6.18. The molecule has 7 rings (SSSR count). The Bertz CT molecular complexity index is 1920. The highest BCUT2D eigenvalue weighted by molar-refractivity contribution is 7.52. The molecular formula is C32H35N6O8P. The maximum Gasteiger partial charge on any atom is 0.459 e. The predicted octanol–water partition coefficient (Wildman–Crippen LogP) is 4.38. The van der Waals surface area contributed by atoms with Crippen molar-refractivity contribution in [3.8, 4) is 11.8 Å². The van der Waals surface area contributed by atoms with Crippen LogP contribution < -0.4 is 15.3 Å². The third-order valence-electron chi connectivity index (χ3n) is 8.68. The Kier molecular flexibility index (Phi) is 7.95. The van der Waals surface area contributed by atoms with E-state index < -0.39 is 49.5 Å². The molecule has 2 aromatic heterocycles. The molecule has 15 heteroatoms. The van der Waals surface area contributed by atoms with Crippen LogP contribution in [0.4, 0.5) is 5.82 Å². The average molecular weight is 663 g/mol. The summed E-state index contributed by atoms with van der Waals surface area (Å²) in [6, 6.07) is 17.4. The van der Waals surface area contributed by atoms with Gasteiger partial charge in [-0.25, -0.2) is 14.1 Å². The molecule has 4 aromatic rings. The van der Waals surface area contributed by atoms with E-state index in [4.69, 9.17) is 33.7 Å². The van der Waals surface area contributed by atoms with Gasteiger partial charge in [0.05, 0.1) is 12.3 Å². The summed E-state index contributed by atoms with van der Waals surface area (Å²) in [6.45, 7) is 4.64. The zero-order valence-electron chi connectivity index (χ0n) is 26.1. The van der Waals surface area contributed by atoms with Crippen molar-refractivity contribution < 1.29 is 37.4 Å². The van der Waals surface area contributed by atoms with E-state index in [-0.39, 0.29) is 24.3 Å². The number of benzene rings is 2. The van der Waals surface area contributed by atoms with Gasteiger partial charge in [-0.05, 0) is 63.6 Å². The van der Waals surface area contributed by atoms with Crippen molar-refractivity contribution in [3.63, 3.8) is 0 Å². The van der Waals surface area contributed by atoms with E-state index in [1.54, 1.807) is 38.1 Å². The standard InChI is InChI=1S/C32H35N6O8P/c1-19(30(39)42-21-10-7-11-21)37-47(40,46-24-13-6-9-20-8-4-5-12-22(20)24)41-16-25-27-28(45-31(2,3)44-27)32(17-33,43-25)26-15-14-23-29(34)35-18-36-38(23)26/h4-6,8-9,12-15,18-19,21,25,27-28H,7,10-11,16H2,1-3H3,(H,37,40)(H2,34,35,36)/t19-,25+,27+,28+,32-,47?/m0/s1. The van der Waals surface area contributed by atoms with Crippen molar-refractivity contribution in [1.29, 1.82) is 5.26 Å². The van der Waals surface area contributed by atoms with E-state index in [0.29, 0.717) is 16.6 Å². The van der Waals surface area contributed by atoms with Crippen LogP contribution in [-0.2, 0) is 38.4 Å². The van der Waals surface area contributed by atoms with Gasteiger partial charge >= 0.3 is 13.7 Å². The summed E-state index contributed by atoms with van der Waals surface area (Å²) in [7, 11) is -4.32. The number of hydrogen-bond donors (Lipinski definition) is 2. The number of carbonyl (C=O) groups excluding carboxylic acids is 1. The highest BCUT2D eigenvalue weighted by Gasteiger charge is 2.65. The number of esters is 1. The van der Waals surface area contributed by atoms with Gasteiger partial charge in [0.1, 0.15) is 54.1 Å². The van der Waals surface area contributed by atoms with Gasteiger partial charge in [0.2, 0.25) is 5.60 Å². The van der Waals surface area contributed by atoms with Crippen LogP contribution in [0.25, 0.3) is 16.3 Å². The summed E-state index contributed by atoms with van der Waals surface area (Å²) >= 11 is 0. The number of hydrogen-bond acceptors (Lipinski definition) is 12. The zero-order chi connectivity index (χ0) is 33.0. The van der Waals surface area contributed by atoms with Crippen LogP contribution in [0.15, 0.2) is 60.9 Å². The highest BCUT2D eigenvalue weighted by Crippen LogP contribution is 2.52. The molecule has 3 N–H and O–H groups in total. The van der Waals surface area contributed by atoms with E-state index in [2.05, 4.69) is 21.2 Å². The molecule has 2 aliphatic heterocycles. The third kappa shape index (κ3) is 5.73. The maximum absolute atomic E-state index is 14.6. The van der Waals surface area contributed by atoms with Crippen LogP contribution in [-0.4, -0.2) is 63.4 Å². The minimum atomic E-state index is -4.32. The van der Waals surface area contributed by atoms with Gasteiger partial charge in [-0.15, -0.1) is 0 Å². The minimum Gasteiger partial charge on any atom is -0.461 e. The highest BCUT2D eigenvalue weighted by atomic mass is 31.2. The van der Waals surface area contributed by atoms with Crippen molar-refractivity contribution in [2.75, 3.05) is 12.3 Å². The van der Waals surface area contributed by atoms with Crippen LogP contribution in [0.5, 0.6) is 5.75 Å². The molecule has 0 spiro atoms. The fraction of sp³-hybridized carbons (Fsp3) is 0.438. The molecule has 3 fully saturated rings. The molecule has 246 valence electrons. The number of nitrogen functional groups attached to an aromatic ring is 1. The first-order valence-corrected chi connectivity index (χ1v) is 17.0. The number of anilines is 1. The van der Waals surface area contributed by atoms with Gasteiger partial charge < -0.3 is 29.2 Å². The van der Waals surface area contributed by atoms with Crippen LogP contribution in [0.1, 0.15) is 45.7 Å². The van der Waals surface area contributed by atoms with Gasteiger partial charge in [-0.2, -0.15) is 15.4 Å². The van der Waals surface area contributed by atoms with Crippen LogP contribution >= 0.6 is 7.75 Å². The number of ether oxygens (including phenoxy) is 4. The number of fused-ring (bicyclic) bond motifs is 3. The number of nitrogens with zero attached hydrogens (tertiary/aromatic N) is 4. The van der Waals surface area contributed by atoms with Gasteiger partial charge in [-0.1, -0.05) is 36.4 Å². The molecule has 2 saturated heterocycles. The number of rotatable bonds is 10. The Balaban J connectivity index is 1.20. The monoisotopic (exact) mass is 662 g/mol. The molecule has 47 heavy (non-hydrogen) atoms. The normalized spacial score (nSPS) is 27.1. The third-order valence-corrected chi connectivity index (χ3v) is 10.3. The molecule has 1 saturated carbocycles. The molecular weight excluding hydrogens is 627 g/mol. The lowest BCUT2D eigenvalue weighted by atomic mass is 9.92. The lowest BCUT2D eigenvalue weighted by Crippen LogP contribution is -2.40. The molecule has 2 aromatic carbocycles. The largest absolute Gasteiger partial charge is 0.461 e. The average Bonchev–Trinajstić information content (AvgIpc) is 3.69. The van der Waals surface area contributed by atoms with E-state index >= 15 is 0 Å². The summed E-state index contributed by atoms with van der Waals surface area (Å²) < 4.78 is 52.7. The van der Waals surface area contributed by atoms with E-state index in [1.807, 2.05) is 30.3 Å². The number of carbonyl (C=O) groups is 1. The fourth-order valence-corrected chi connectivity index (χ4v) is 7.70. The first kappa shape index (κ1) is 31.5. The molecule has 1 aliphatic carbocycles. The Labute approximate surface area is 270 Å². The lowest BCUT2D eigenvalue weighted by molar-refractivity contribution is -0.204. The lowest BCUT2D eigenvalue weighted by Gasteiger charge is -2.30. The maximum atomic E-state index is 14.6. The first-order chi connectivity index (χ1) is 22.5. The second-order valence-electron chi connectivity index (χ2n) is 12.4. The summed E-state index contributed by atoms with van der Waals surface area (Å²) in [5.41, 5.74) is 5.18. The second-order valence-corrected chi connectivity index (χ2v) is 14.1. The molecule has 14 nitrogen and oxygen atoms in total.